The number of halogens is 5. The highest BCUT2D eigenvalue weighted by molar-refractivity contribution is 7.38. The predicted octanol–water partition coefficient (Wildman–Crippen LogP) is 5.58. The number of fused-ring (bicyclic) bond motifs is 1. The van der Waals surface area contributed by atoms with Crippen LogP contribution in [-0.4, -0.2) is 0 Å². The van der Waals surface area contributed by atoms with Gasteiger partial charge in [-0.1, -0.05) is 6.92 Å². The van der Waals surface area contributed by atoms with Gasteiger partial charge in [0, 0.05) is 23.9 Å². The standard InChI is InChI=1S/C12H11F4S.ClH/c1-2-3-10-6-8-4-5-9(13)7-11(8)17(10)12(14,15)16;/h4-7H,2-3H2,1H3;1H/q+1;. The van der Waals surface area contributed by atoms with Gasteiger partial charge in [0.1, 0.15) is 5.82 Å². The van der Waals surface area contributed by atoms with E-state index in [1.807, 2.05) is 6.92 Å². The first-order chi connectivity index (χ1) is 7.93. The molecule has 0 saturated carbocycles. The molecule has 0 aliphatic rings. The highest BCUT2D eigenvalue weighted by Gasteiger charge is 2.47. The van der Waals surface area contributed by atoms with Crippen molar-refractivity contribution in [3.8, 4) is 0 Å². The van der Waals surface area contributed by atoms with Crippen LogP contribution in [0.4, 0.5) is 17.6 Å². The number of hydrogen-bond acceptors (Lipinski definition) is 0. The van der Waals surface area contributed by atoms with Crippen molar-refractivity contribution < 1.29 is 17.6 Å². The third-order valence-corrected chi connectivity index (χ3v) is 4.60. The molecule has 0 aliphatic heterocycles. The van der Waals surface area contributed by atoms with Crippen LogP contribution in [0.5, 0.6) is 0 Å². The summed E-state index contributed by atoms with van der Waals surface area (Å²) in [7, 11) is -1.95. The van der Waals surface area contributed by atoms with E-state index in [2.05, 4.69) is 0 Å². The fourth-order valence-electron chi connectivity index (χ4n) is 1.87. The minimum atomic E-state index is -4.32. The maximum atomic E-state index is 13.1. The Bertz CT molecular complexity index is 545. The summed E-state index contributed by atoms with van der Waals surface area (Å²) in [6.07, 6.45) is 1.06. The van der Waals surface area contributed by atoms with Crippen molar-refractivity contribution in [1.29, 1.82) is 0 Å². The molecule has 1 aromatic heterocycles. The Kier molecular flexibility index (Phi) is 4.61. The Morgan fingerprint density at radius 1 is 1.17 bits per heavy atom. The van der Waals surface area contributed by atoms with Gasteiger partial charge < -0.3 is 0 Å². The number of alkyl halides is 3. The lowest BCUT2D eigenvalue weighted by molar-refractivity contribution is -0.0867. The van der Waals surface area contributed by atoms with Crippen LogP contribution < -0.4 is 0 Å². The number of hydrogen-bond donors (Lipinski definition) is 0. The van der Waals surface area contributed by atoms with E-state index >= 15 is 0 Å². The first kappa shape index (κ1) is 15.2. The van der Waals surface area contributed by atoms with Gasteiger partial charge in [0.25, 0.3) is 0 Å². The fourth-order valence-corrected chi connectivity index (χ4v) is 3.95. The molecule has 6 heteroatoms. The normalized spacial score (nSPS) is 12.6. The Hall–Kier alpha value is -0.810. The van der Waals surface area contributed by atoms with Crippen LogP contribution in [0.25, 0.3) is 10.1 Å². The van der Waals surface area contributed by atoms with Crippen molar-refractivity contribution in [1.82, 2.24) is 0 Å². The van der Waals surface area contributed by atoms with Crippen molar-refractivity contribution in [3.63, 3.8) is 0 Å². The van der Waals surface area contributed by atoms with Gasteiger partial charge in [-0.25, -0.2) is 4.39 Å². The summed E-state index contributed by atoms with van der Waals surface area (Å²) < 4.78 is 52.1. The SMILES string of the molecule is CCCc1cc2ccc(F)cc2[s+]1C(F)(F)F.Cl. The highest BCUT2D eigenvalue weighted by Crippen LogP contribution is 2.51. The largest absolute Gasteiger partial charge is 0.600 e. The Labute approximate surface area is 111 Å². The molecule has 0 bridgehead atoms. The lowest BCUT2D eigenvalue weighted by Gasteiger charge is -1.99. The second-order valence-electron chi connectivity index (χ2n) is 3.79. The summed E-state index contributed by atoms with van der Waals surface area (Å²) in [5.41, 5.74) is -4.32. The second-order valence-corrected chi connectivity index (χ2v) is 5.83. The summed E-state index contributed by atoms with van der Waals surface area (Å²) in [4.78, 5) is 0.362. The zero-order chi connectivity index (χ0) is 12.6. The minimum Gasteiger partial charge on any atom is -0.207 e. The van der Waals surface area contributed by atoms with Crippen molar-refractivity contribution in [2.45, 2.75) is 25.3 Å². The van der Waals surface area contributed by atoms with E-state index in [9.17, 15) is 17.6 Å². The van der Waals surface area contributed by atoms with Gasteiger partial charge in [-0.15, -0.1) is 25.6 Å². The van der Waals surface area contributed by atoms with Crippen LogP contribution in [0.3, 0.4) is 0 Å². The summed E-state index contributed by atoms with van der Waals surface area (Å²) in [5, 5.41) is 0.496. The van der Waals surface area contributed by atoms with E-state index in [1.165, 1.54) is 12.1 Å². The molecule has 0 nitrogen and oxygen atoms in total. The first-order valence-corrected chi connectivity index (χ1v) is 6.47. The van der Waals surface area contributed by atoms with Gasteiger partial charge in [-0.3, -0.25) is 0 Å². The highest BCUT2D eigenvalue weighted by atomic mass is 35.5. The fraction of sp³-hybridized carbons (Fsp3) is 0.333. The molecule has 1 unspecified atom stereocenters. The van der Waals surface area contributed by atoms with Crippen LogP contribution in [-0.2, 0) is 11.9 Å². The average Bonchev–Trinajstić information content (AvgIpc) is 2.54. The van der Waals surface area contributed by atoms with E-state index in [0.717, 1.165) is 6.07 Å². The Morgan fingerprint density at radius 3 is 2.39 bits per heavy atom. The molecule has 0 N–H and O–H groups in total. The van der Waals surface area contributed by atoms with Crippen molar-refractivity contribution in [2.75, 3.05) is 0 Å². The van der Waals surface area contributed by atoms with Crippen molar-refractivity contribution in [2.24, 2.45) is 0 Å². The molecule has 0 aliphatic carbocycles. The second kappa shape index (κ2) is 5.45. The molecule has 0 spiro atoms. The smallest absolute Gasteiger partial charge is 0.207 e. The number of rotatable bonds is 2. The number of thiophene rings is 1. The van der Waals surface area contributed by atoms with E-state index in [-0.39, 0.29) is 17.1 Å². The zero-order valence-electron chi connectivity index (χ0n) is 9.55. The molecule has 0 radical (unpaired) electrons. The van der Waals surface area contributed by atoms with E-state index in [1.54, 1.807) is 6.07 Å². The minimum absolute atomic E-state index is 0. The summed E-state index contributed by atoms with van der Waals surface area (Å²) in [6.45, 7) is 1.84. The van der Waals surface area contributed by atoms with Crippen LogP contribution >= 0.6 is 22.9 Å². The summed E-state index contributed by atoms with van der Waals surface area (Å²) >= 11 is 0. The topological polar surface area (TPSA) is 0 Å². The van der Waals surface area contributed by atoms with Crippen LogP contribution in [0.1, 0.15) is 18.2 Å². The van der Waals surface area contributed by atoms with Crippen LogP contribution in [0.15, 0.2) is 24.3 Å². The molecule has 1 atom stereocenters. The molecule has 2 rings (SSSR count). The zero-order valence-corrected chi connectivity index (χ0v) is 11.2. The lowest BCUT2D eigenvalue weighted by atomic mass is 10.2. The molecule has 0 saturated heterocycles. The maximum Gasteiger partial charge on any atom is 0.600 e. The van der Waals surface area contributed by atoms with Gasteiger partial charge in [0.2, 0.25) is 0 Å². The van der Waals surface area contributed by atoms with Gasteiger partial charge in [0.05, 0.1) is 10.5 Å². The summed E-state index contributed by atoms with van der Waals surface area (Å²) in [5.74, 6) is -0.614. The van der Waals surface area contributed by atoms with Gasteiger partial charge in [-0.2, -0.15) is 0 Å². The molecule has 0 amide bonds. The molecular formula is C12H12ClF4S+. The monoisotopic (exact) mass is 299 g/mol. The quantitative estimate of drug-likeness (QED) is 0.502. The van der Waals surface area contributed by atoms with Gasteiger partial charge in [0.15, 0.2) is 9.58 Å². The number of aryl methyl sites for hydroxylation is 1. The number of benzene rings is 1. The maximum absolute atomic E-state index is 13.1. The van der Waals surface area contributed by atoms with E-state index < -0.39 is 21.8 Å². The van der Waals surface area contributed by atoms with Crippen LogP contribution in [0, 0.1) is 5.82 Å². The Balaban J connectivity index is 0.00000162. The molecular weight excluding hydrogens is 288 g/mol. The van der Waals surface area contributed by atoms with Gasteiger partial charge in [-0.05, 0) is 18.6 Å². The third kappa shape index (κ3) is 2.78. The molecule has 2 aromatic rings. The van der Waals surface area contributed by atoms with Crippen molar-refractivity contribution in [3.05, 3.63) is 35.0 Å². The molecule has 0 fully saturated rings. The molecule has 1 heterocycles. The predicted molar refractivity (Wildman–Crippen MR) is 68.9 cm³/mol. The van der Waals surface area contributed by atoms with E-state index in [4.69, 9.17) is 0 Å². The Morgan fingerprint density at radius 2 is 1.83 bits per heavy atom. The average molecular weight is 300 g/mol. The van der Waals surface area contributed by atoms with E-state index in [0.29, 0.717) is 23.1 Å². The molecule has 18 heavy (non-hydrogen) atoms. The van der Waals surface area contributed by atoms with Crippen molar-refractivity contribution >= 4 is 33.0 Å². The molecule has 100 valence electrons. The molecule has 1 aromatic carbocycles. The summed E-state index contributed by atoms with van der Waals surface area (Å²) in [6, 6.07) is 5.17. The van der Waals surface area contributed by atoms with Crippen LogP contribution in [0.2, 0.25) is 0 Å². The first-order valence-electron chi connectivity index (χ1n) is 5.24. The van der Waals surface area contributed by atoms with Gasteiger partial charge >= 0.3 is 5.51 Å². The third-order valence-electron chi connectivity index (χ3n) is 2.50. The lowest BCUT2D eigenvalue weighted by Crippen LogP contribution is -1.98.